The maximum atomic E-state index is 12.2. The van der Waals surface area contributed by atoms with Crippen LogP contribution < -0.4 is 0 Å². The smallest absolute Gasteiger partial charge is 0.166 e. The van der Waals surface area contributed by atoms with Crippen LogP contribution in [0.3, 0.4) is 0 Å². The van der Waals surface area contributed by atoms with Crippen molar-refractivity contribution in [3.63, 3.8) is 0 Å². The third-order valence-electron chi connectivity index (χ3n) is 4.26. The third kappa shape index (κ3) is 2.05. The molecule has 0 unspecified atom stereocenters. The fourth-order valence-corrected chi connectivity index (χ4v) is 3.24. The SMILES string of the molecule is O=C1CCCc2[nH]nc(Cc3cccc4ccccc34)c21. The van der Waals surface area contributed by atoms with Crippen molar-refractivity contribution in [1.29, 1.82) is 0 Å². The highest BCUT2D eigenvalue weighted by molar-refractivity contribution is 5.99. The monoisotopic (exact) mass is 276 g/mol. The van der Waals surface area contributed by atoms with E-state index in [2.05, 4.69) is 46.6 Å². The molecular formula is C18H16N2O. The zero-order valence-corrected chi connectivity index (χ0v) is 11.7. The summed E-state index contributed by atoms with van der Waals surface area (Å²) in [6, 6.07) is 14.7. The molecular weight excluding hydrogens is 260 g/mol. The molecule has 3 heteroatoms. The molecule has 3 aromatic rings. The number of aryl methyl sites for hydroxylation is 1. The maximum absolute atomic E-state index is 12.2. The van der Waals surface area contributed by atoms with Gasteiger partial charge in [-0.15, -0.1) is 0 Å². The topological polar surface area (TPSA) is 45.8 Å². The van der Waals surface area contributed by atoms with Gasteiger partial charge in [0.1, 0.15) is 0 Å². The second kappa shape index (κ2) is 4.85. The van der Waals surface area contributed by atoms with Crippen LogP contribution >= 0.6 is 0 Å². The lowest BCUT2D eigenvalue weighted by atomic mass is 9.92. The van der Waals surface area contributed by atoms with Crippen LogP contribution in [-0.4, -0.2) is 16.0 Å². The standard InChI is InChI=1S/C18H16N2O/c21-17-10-4-9-15-18(17)16(20-19-15)11-13-7-3-6-12-5-1-2-8-14(12)13/h1-3,5-8H,4,9-11H2,(H,19,20). The van der Waals surface area contributed by atoms with Gasteiger partial charge in [-0.3, -0.25) is 9.89 Å². The molecule has 1 aromatic heterocycles. The van der Waals surface area contributed by atoms with Gasteiger partial charge in [0.15, 0.2) is 5.78 Å². The van der Waals surface area contributed by atoms with Gasteiger partial charge in [0.2, 0.25) is 0 Å². The number of rotatable bonds is 2. The fourth-order valence-electron chi connectivity index (χ4n) is 3.24. The summed E-state index contributed by atoms with van der Waals surface area (Å²) >= 11 is 0. The Morgan fingerprint density at radius 1 is 1.05 bits per heavy atom. The first-order chi connectivity index (χ1) is 10.3. The molecule has 0 saturated heterocycles. The molecule has 0 atom stereocenters. The molecule has 0 bridgehead atoms. The Hall–Kier alpha value is -2.42. The van der Waals surface area contributed by atoms with E-state index in [0.717, 1.165) is 29.8 Å². The van der Waals surface area contributed by atoms with Crippen LogP contribution in [0.25, 0.3) is 10.8 Å². The summed E-state index contributed by atoms with van der Waals surface area (Å²) in [5.41, 5.74) is 3.97. The largest absolute Gasteiger partial charge is 0.294 e. The highest BCUT2D eigenvalue weighted by Crippen LogP contribution is 2.26. The van der Waals surface area contributed by atoms with E-state index in [-0.39, 0.29) is 5.78 Å². The average molecular weight is 276 g/mol. The minimum absolute atomic E-state index is 0.236. The number of carbonyl (C=O) groups excluding carboxylic acids is 1. The van der Waals surface area contributed by atoms with Gasteiger partial charge in [0.05, 0.1) is 11.3 Å². The Bertz CT molecular complexity index is 827. The minimum atomic E-state index is 0.236. The molecule has 1 aliphatic rings. The van der Waals surface area contributed by atoms with Gasteiger partial charge in [-0.1, -0.05) is 42.5 Å². The normalized spacial score (nSPS) is 14.4. The summed E-state index contributed by atoms with van der Waals surface area (Å²) in [5, 5.41) is 9.92. The molecule has 0 spiro atoms. The van der Waals surface area contributed by atoms with E-state index in [1.807, 2.05) is 6.07 Å². The first kappa shape index (κ1) is 12.3. The molecule has 3 nitrogen and oxygen atoms in total. The number of fused-ring (bicyclic) bond motifs is 2. The van der Waals surface area contributed by atoms with Crippen molar-refractivity contribution in [2.45, 2.75) is 25.7 Å². The summed E-state index contributed by atoms with van der Waals surface area (Å²) in [6.07, 6.45) is 3.22. The molecule has 1 aliphatic carbocycles. The predicted octanol–water partition coefficient (Wildman–Crippen LogP) is 3.67. The lowest BCUT2D eigenvalue weighted by Gasteiger charge is -2.11. The number of aromatic amines is 1. The van der Waals surface area contributed by atoms with Crippen molar-refractivity contribution in [2.24, 2.45) is 0 Å². The lowest BCUT2D eigenvalue weighted by Crippen LogP contribution is -2.11. The molecule has 0 radical (unpaired) electrons. The van der Waals surface area contributed by atoms with E-state index in [0.29, 0.717) is 12.8 Å². The number of benzene rings is 2. The maximum Gasteiger partial charge on any atom is 0.166 e. The van der Waals surface area contributed by atoms with E-state index in [1.165, 1.54) is 16.3 Å². The molecule has 1 N–H and O–H groups in total. The Morgan fingerprint density at radius 2 is 1.90 bits per heavy atom. The van der Waals surface area contributed by atoms with Gasteiger partial charge in [-0.05, 0) is 29.2 Å². The molecule has 2 aromatic carbocycles. The second-order valence-corrected chi connectivity index (χ2v) is 5.62. The fraction of sp³-hybridized carbons (Fsp3) is 0.222. The second-order valence-electron chi connectivity index (χ2n) is 5.62. The number of aromatic nitrogens is 2. The number of Topliss-reactive ketones (excluding diaryl/α,β-unsaturated/α-hetero) is 1. The number of nitrogens with zero attached hydrogens (tertiary/aromatic N) is 1. The Morgan fingerprint density at radius 3 is 2.86 bits per heavy atom. The van der Waals surface area contributed by atoms with E-state index >= 15 is 0 Å². The summed E-state index contributed by atoms with van der Waals surface area (Å²) < 4.78 is 0. The quantitative estimate of drug-likeness (QED) is 0.776. The first-order valence-electron chi connectivity index (χ1n) is 7.39. The van der Waals surface area contributed by atoms with Gasteiger partial charge in [0, 0.05) is 18.5 Å². The molecule has 0 fully saturated rings. The van der Waals surface area contributed by atoms with Crippen molar-refractivity contribution in [3.8, 4) is 0 Å². The minimum Gasteiger partial charge on any atom is -0.294 e. The number of nitrogens with one attached hydrogen (secondary N) is 1. The van der Waals surface area contributed by atoms with E-state index in [4.69, 9.17) is 0 Å². The van der Waals surface area contributed by atoms with E-state index < -0.39 is 0 Å². The summed E-state index contributed by atoms with van der Waals surface area (Å²) in [7, 11) is 0. The van der Waals surface area contributed by atoms with Crippen molar-refractivity contribution >= 4 is 16.6 Å². The highest BCUT2D eigenvalue weighted by atomic mass is 16.1. The van der Waals surface area contributed by atoms with Crippen LogP contribution in [0.2, 0.25) is 0 Å². The average Bonchev–Trinajstić information content (AvgIpc) is 2.92. The number of ketones is 1. The summed E-state index contributed by atoms with van der Waals surface area (Å²) in [4.78, 5) is 12.2. The molecule has 104 valence electrons. The predicted molar refractivity (Wildman–Crippen MR) is 82.6 cm³/mol. The Balaban J connectivity index is 1.79. The van der Waals surface area contributed by atoms with Crippen molar-refractivity contribution in [3.05, 3.63) is 65.0 Å². The molecule has 0 saturated carbocycles. The third-order valence-corrected chi connectivity index (χ3v) is 4.26. The van der Waals surface area contributed by atoms with Gasteiger partial charge in [-0.2, -0.15) is 5.10 Å². The zero-order valence-electron chi connectivity index (χ0n) is 11.7. The van der Waals surface area contributed by atoms with Crippen LogP contribution in [0.1, 0.15) is 40.2 Å². The van der Waals surface area contributed by atoms with Crippen molar-refractivity contribution in [1.82, 2.24) is 10.2 Å². The lowest BCUT2D eigenvalue weighted by molar-refractivity contribution is 0.0971. The number of carbonyl (C=O) groups is 1. The Kier molecular flexibility index (Phi) is 2.85. The first-order valence-corrected chi connectivity index (χ1v) is 7.39. The van der Waals surface area contributed by atoms with E-state index in [1.54, 1.807) is 0 Å². The van der Waals surface area contributed by atoms with Gasteiger partial charge in [0.25, 0.3) is 0 Å². The highest BCUT2D eigenvalue weighted by Gasteiger charge is 2.24. The number of hydrogen-bond donors (Lipinski definition) is 1. The molecule has 0 amide bonds. The van der Waals surface area contributed by atoms with Gasteiger partial charge in [-0.25, -0.2) is 0 Å². The Labute approximate surface area is 123 Å². The van der Waals surface area contributed by atoms with Crippen molar-refractivity contribution < 1.29 is 4.79 Å². The molecule has 4 rings (SSSR count). The van der Waals surface area contributed by atoms with Crippen LogP contribution in [0.4, 0.5) is 0 Å². The van der Waals surface area contributed by atoms with Crippen LogP contribution in [0, 0.1) is 0 Å². The van der Waals surface area contributed by atoms with Crippen LogP contribution in [0.5, 0.6) is 0 Å². The zero-order chi connectivity index (χ0) is 14.2. The molecule has 1 heterocycles. The summed E-state index contributed by atoms with van der Waals surface area (Å²) in [6.45, 7) is 0. The van der Waals surface area contributed by atoms with Crippen LogP contribution in [-0.2, 0) is 12.8 Å². The van der Waals surface area contributed by atoms with Gasteiger partial charge < -0.3 is 0 Å². The van der Waals surface area contributed by atoms with Crippen molar-refractivity contribution in [2.75, 3.05) is 0 Å². The number of H-pyrrole nitrogens is 1. The number of hydrogen-bond acceptors (Lipinski definition) is 2. The van der Waals surface area contributed by atoms with Crippen LogP contribution in [0.15, 0.2) is 42.5 Å². The molecule has 0 aliphatic heterocycles. The molecule has 21 heavy (non-hydrogen) atoms. The van der Waals surface area contributed by atoms with E-state index in [9.17, 15) is 4.79 Å². The van der Waals surface area contributed by atoms with Gasteiger partial charge >= 0.3 is 0 Å². The summed E-state index contributed by atoms with van der Waals surface area (Å²) in [5.74, 6) is 0.236.